The van der Waals surface area contributed by atoms with Crippen molar-refractivity contribution in [1.29, 1.82) is 0 Å². The molecule has 1 aliphatic rings. The Morgan fingerprint density at radius 1 is 1.39 bits per heavy atom. The summed E-state index contributed by atoms with van der Waals surface area (Å²) >= 11 is 0. The molecule has 0 atom stereocenters. The van der Waals surface area contributed by atoms with E-state index in [4.69, 9.17) is 9.47 Å². The van der Waals surface area contributed by atoms with E-state index in [1.807, 2.05) is 32.1 Å². The van der Waals surface area contributed by atoms with Crippen LogP contribution in [0, 0.1) is 5.92 Å². The molecule has 0 bridgehead atoms. The molecule has 2 aromatic heterocycles. The number of ether oxygens (including phenoxy) is 2. The van der Waals surface area contributed by atoms with Crippen LogP contribution in [0.3, 0.4) is 0 Å². The molecule has 1 aliphatic heterocycles. The number of aromatic amines is 1. The predicted molar refractivity (Wildman–Crippen MR) is 118 cm³/mol. The molecule has 166 valence electrons. The number of morpholine rings is 1. The first-order chi connectivity index (χ1) is 14.9. The van der Waals surface area contributed by atoms with Gasteiger partial charge in [-0.05, 0) is 23.6 Å². The van der Waals surface area contributed by atoms with Crippen LogP contribution < -0.4 is 10.6 Å². The Labute approximate surface area is 181 Å². The molecule has 0 spiro atoms. The fourth-order valence-electron chi connectivity index (χ4n) is 3.35. The van der Waals surface area contributed by atoms with Crippen molar-refractivity contribution in [3.05, 3.63) is 70.5 Å². The lowest BCUT2D eigenvalue weighted by Gasteiger charge is -2.27. The Morgan fingerprint density at radius 2 is 2.13 bits per heavy atom. The number of H-pyrrole nitrogens is 1. The summed E-state index contributed by atoms with van der Waals surface area (Å²) in [5.74, 6) is 1.84. The van der Waals surface area contributed by atoms with Crippen molar-refractivity contribution in [1.82, 2.24) is 19.7 Å². The third-order valence-electron chi connectivity index (χ3n) is 5.05. The quantitative estimate of drug-likeness (QED) is 0.493. The van der Waals surface area contributed by atoms with E-state index in [1.54, 1.807) is 6.20 Å². The first-order valence-corrected chi connectivity index (χ1v) is 10.2. The number of aliphatic hydroxyl groups is 1. The molecular formula is C22H29N5O4. The van der Waals surface area contributed by atoms with Gasteiger partial charge in [-0.15, -0.1) is 0 Å². The highest BCUT2D eigenvalue weighted by Gasteiger charge is 2.15. The minimum absolute atomic E-state index is 0.0505. The van der Waals surface area contributed by atoms with Crippen LogP contribution in [0.2, 0.25) is 0 Å². The number of nitrogens with zero attached hydrogens (tertiary/aromatic N) is 4. The first kappa shape index (κ1) is 22.4. The summed E-state index contributed by atoms with van der Waals surface area (Å²) in [7, 11) is 1.49. The van der Waals surface area contributed by atoms with Gasteiger partial charge in [-0.25, -0.2) is 19.4 Å². The van der Waals surface area contributed by atoms with Crippen molar-refractivity contribution in [3.8, 4) is 5.69 Å². The largest absolute Gasteiger partial charge is 0.508 e. The van der Waals surface area contributed by atoms with Crippen LogP contribution in [0.25, 0.3) is 5.69 Å². The molecule has 0 radical (unpaired) electrons. The van der Waals surface area contributed by atoms with Crippen LogP contribution in [0.15, 0.2) is 58.9 Å². The third-order valence-corrected chi connectivity index (χ3v) is 5.05. The maximum atomic E-state index is 12.4. The van der Waals surface area contributed by atoms with Gasteiger partial charge in [-0.3, -0.25) is 0 Å². The number of allylic oxidation sites excluding steroid dienone is 3. The number of rotatable bonds is 8. The third kappa shape index (κ3) is 5.43. The minimum Gasteiger partial charge on any atom is -0.508 e. The summed E-state index contributed by atoms with van der Waals surface area (Å²) in [5, 5.41) is 17.1. The normalized spacial score (nSPS) is 15.4. The molecule has 9 heteroatoms. The fraction of sp³-hybridized carbons (Fsp3) is 0.409. The minimum atomic E-state index is -0.344. The van der Waals surface area contributed by atoms with Gasteiger partial charge in [0.1, 0.15) is 23.2 Å². The van der Waals surface area contributed by atoms with E-state index < -0.39 is 0 Å². The average Bonchev–Trinajstić information content (AvgIpc) is 3.14. The van der Waals surface area contributed by atoms with Crippen molar-refractivity contribution >= 4 is 5.82 Å². The van der Waals surface area contributed by atoms with E-state index in [0.717, 1.165) is 18.9 Å². The summed E-state index contributed by atoms with van der Waals surface area (Å²) < 4.78 is 11.9. The van der Waals surface area contributed by atoms with Gasteiger partial charge in [0.2, 0.25) is 0 Å². The zero-order chi connectivity index (χ0) is 22.4. The van der Waals surface area contributed by atoms with E-state index in [1.165, 1.54) is 17.8 Å². The van der Waals surface area contributed by atoms with Crippen molar-refractivity contribution in [3.63, 3.8) is 0 Å². The molecular weight excluding hydrogens is 398 g/mol. The van der Waals surface area contributed by atoms with E-state index in [2.05, 4.69) is 26.7 Å². The molecule has 0 amide bonds. The number of aliphatic hydroxyl groups excluding tert-OH is 1. The van der Waals surface area contributed by atoms with Gasteiger partial charge in [0, 0.05) is 25.6 Å². The number of anilines is 1. The highest BCUT2D eigenvalue weighted by atomic mass is 16.5. The monoisotopic (exact) mass is 427 g/mol. The van der Waals surface area contributed by atoms with Gasteiger partial charge in [0.15, 0.2) is 0 Å². The number of pyridine rings is 1. The molecule has 0 unspecified atom stereocenters. The molecule has 3 heterocycles. The summed E-state index contributed by atoms with van der Waals surface area (Å²) in [4.78, 5) is 19.1. The van der Waals surface area contributed by atoms with Crippen molar-refractivity contribution in [2.75, 3.05) is 38.3 Å². The predicted octanol–water partition coefficient (Wildman–Crippen LogP) is 2.52. The lowest BCUT2D eigenvalue weighted by Crippen LogP contribution is -2.36. The van der Waals surface area contributed by atoms with Crippen LogP contribution in [-0.4, -0.2) is 58.3 Å². The summed E-state index contributed by atoms with van der Waals surface area (Å²) in [6, 6.07) is 3.75. The molecule has 2 N–H and O–H groups in total. The van der Waals surface area contributed by atoms with E-state index in [0.29, 0.717) is 42.5 Å². The van der Waals surface area contributed by atoms with Crippen molar-refractivity contribution < 1.29 is 14.6 Å². The molecule has 1 fully saturated rings. The number of hydrogen-bond acceptors (Lipinski definition) is 7. The van der Waals surface area contributed by atoms with E-state index >= 15 is 0 Å². The smallest absolute Gasteiger partial charge is 0.348 e. The van der Waals surface area contributed by atoms with Crippen LogP contribution >= 0.6 is 0 Å². The molecule has 3 rings (SSSR count). The Hall–Kier alpha value is -3.33. The van der Waals surface area contributed by atoms with Crippen LogP contribution in [0.4, 0.5) is 5.82 Å². The lowest BCUT2D eigenvalue weighted by molar-refractivity contribution is 0.122. The van der Waals surface area contributed by atoms with Crippen molar-refractivity contribution in [2.45, 2.75) is 20.3 Å². The van der Waals surface area contributed by atoms with Gasteiger partial charge in [0.25, 0.3) is 0 Å². The van der Waals surface area contributed by atoms with Gasteiger partial charge >= 0.3 is 5.69 Å². The number of methoxy groups -OCH3 is 1. The van der Waals surface area contributed by atoms with Crippen LogP contribution in [-0.2, 0) is 15.9 Å². The Balaban J connectivity index is 1.85. The van der Waals surface area contributed by atoms with Gasteiger partial charge in [0.05, 0.1) is 32.2 Å². The van der Waals surface area contributed by atoms with Crippen molar-refractivity contribution in [2.24, 2.45) is 5.92 Å². The highest BCUT2D eigenvalue weighted by molar-refractivity contribution is 5.44. The SMILES string of the molecule is C=C(/C=C(O)\C(=C/Cc1n[nH]c(=O)n1-c1ccc(N2CCOCC2)nc1)C(C)C)OC. The van der Waals surface area contributed by atoms with E-state index in [-0.39, 0.29) is 17.4 Å². The average molecular weight is 428 g/mol. The number of nitrogens with one attached hydrogen (secondary N) is 1. The highest BCUT2D eigenvalue weighted by Crippen LogP contribution is 2.20. The first-order valence-electron chi connectivity index (χ1n) is 10.2. The van der Waals surface area contributed by atoms with Gasteiger partial charge in [-0.2, -0.15) is 5.10 Å². The fourth-order valence-corrected chi connectivity index (χ4v) is 3.35. The number of aromatic nitrogens is 4. The molecule has 0 aromatic carbocycles. The Kier molecular flexibility index (Phi) is 7.30. The molecule has 31 heavy (non-hydrogen) atoms. The Morgan fingerprint density at radius 3 is 2.74 bits per heavy atom. The maximum absolute atomic E-state index is 12.4. The second-order valence-corrected chi connectivity index (χ2v) is 7.47. The van der Waals surface area contributed by atoms with Gasteiger partial charge in [-0.1, -0.05) is 26.5 Å². The second-order valence-electron chi connectivity index (χ2n) is 7.47. The molecule has 0 saturated carbocycles. The summed E-state index contributed by atoms with van der Waals surface area (Å²) in [6.07, 6.45) is 5.33. The molecule has 0 aliphatic carbocycles. The zero-order valence-electron chi connectivity index (χ0n) is 18.2. The molecule has 1 saturated heterocycles. The Bertz CT molecular complexity index is 1010. The lowest BCUT2D eigenvalue weighted by atomic mass is 9.99. The van der Waals surface area contributed by atoms with E-state index in [9.17, 15) is 9.90 Å². The van der Waals surface area contributed by atoms with Crippen LogP contribution in [0.1, 0.15) is 19.7 Å². The zero-order valence-corrected chi connectivity index (χ0v) is 18.2. The standard InChI is InChI=1S/C22H29N5O4/c1-15(2)18(19(28)13-16(3)30-4)6-8-21-24-25-22(29)27(21)17-5-7-20(23-14-17)26-9-11-31-12-10-26/h5-7,13-15,28H,3,8-12H2,1-2,4H3,(H,25,29)/b18-6-,19-13+. The van der Waals surface area contributed by atoms with Gasteiger partial charge < -0.3 is 19.5 Å². The second kappa shape index (κ2) is 10.1. The number of hydrogen-bond donors (Lipinski definition) is 2. The maximum Gasteiger partial charge on any atom is 0.348 e. The summed E-state index contributed by atoms with van der Waals surface area (Å²) in [6.45, 7) is 10.6. The topological polar surface area (TPSA) is 106 Å². The molecule has 2 aromatic rings. The van der Waals surface area contributed by atoms with Crippen LogP contribution in [0.5, 0.6) is 0 Å². The summed E-state index contributed by atoms with van der Waals surface area (Å²) in [5.41, 5.74) is 0.988. The molecule has 9 nitrogen and oxygen atoms in total.